The Bertz CT molecular complexity index is 1070. The summed E-state index contributed by atoms with van der Waals surface area (Å²) >= 11 is 0. The second-order valence-corrected chi connectivity index (χ2v) is 6.72. The summed E-state index contributed by atoms with van der Waals surface area (Å²) in [4.78, 5) is 38.2. The first-order chi connectivity index (χ1) is 11.4. The summed E-state index contributed by atoms with van der Waals surface area (Å²) in [7, 11) is -3.85. The Hall–Kier alpha value is -3.21. The Morgan fingerprint density at radius 2 is 2.00 bits per heavy atom. The van der Waals surface area contributed by atoms with Crippen LogP contribution in [0.3, 0.4) is 0 Å². The molecule has 0 radical (unpaired) electrons. The highest BCUT2D eigenvalue weighted by molar-refractivity contribution is 7.92. The van der Waals surface area contributed by atoms with Gasteiger partial charge in [0, 0.05) is 0 Å². The molecule has 3 rings (SSSR count). The smallest absolute Gasteiger partial charge is 0.348 e. The van der Waals surface area contributed by atoms with E-state index >= 15 is 0 Å². The van der Waals surface area contributed by atoms with Crippen LogP contribution in [-0.2, 0) is 14.6 Å². The topological polar surface area (TPSA) is 150 Å². The summed E-state index contributed by atoms with van der Waals surface area (Å²) in [5, 5.41) is 0. The summed E-state index contributed by atoms with van der Waals surface area (Å²) in [5.74, 6) is -2.13. The van der Waals surface area contributed by atoms with E-state index in [0.717, 1.165) is 11.1 Å². The highest BCUT2D eigenvalue weighted by Gasteiger charge is 2.22. The normalized spacial score (nSPS) is 11.5. The number of carbonyl (C=O) groups excluding carboxylic acids is 1. The van der Waals surface area contributed by atoms with E-state index in [9.17, 15) is 18.0 Å². The fourth-order valence-corrected chi connectivity index (χ4v) is 3.08. The van der Waals surface area contributed by atoms with Crippen LogP contribution in [0.2, 0.25) is 0 Å². The van der Waals surface area contributed by atoms with Crippen LogP contribution in [0, 0.1) is 0 Å². The maximum atomic E-state index is 12.1. The molecule has 124 valence electrons. The van der Waals surface area contributed by atoms with Crippen molar-refractivity contribution in [2.75, 3.05) is 11.5 Å². The van der Waals surface area contributed by atoms with E-state index < -0.39 is 27.1 Å². The predicted octanol–water partition coefficient (Wildman–Crippen LogP) is -0.869. The maximum Gasteiger partial charge on any atom is 0.348 e. The van der Waals surface area contributed by atoms with Gasteiger partial charge in [-0.3, -0.25) is 9.78 Å². The lowest BCUT2D eigenvalue weighted by atomic mass is 10.4. The number of nitrogens with two attached hydrogens (primary N) is 1. The van der Waals surface area contributed by atoms with Gasteiger partial charge in [-0.15, -0.1) is 4.73 Å². The van der Waals surface area contributed by atoms with Gasteiger partial charge in [-0.05, 0) is 12.1 Å². The van der Waals surface area contributed by atoms with Gasteiger partial charge in [-0.2, -0.15) is 4.98 Å². The molecule has 0 amide bonds. The molecule has 1 aromatic carbocycles. The molecule has 3 N–H and O–H groups in total. The highest BCUT2D eigenvalue weighted by atomic mass is 32.2. The Morgan fingerprint density at radius 1 is 1.29 bits per heavy atom. The number of H-pyrrole nitrogens is 1. The largest absolute Gasteiger partial charge is 0.369 e. The lowest BCUT2D eigenvalue weighted by Gasteiger charge is -2.06. The molecule has 0 unspecified atom stereocenters. The number of aromatic nitrogens is 4. The van der Waals surface area contributed by atoms with Crippen molar-refractivity contribution in [3.05, 3.63) is 47.0 Å². The van der Waals surface area contributed by atoms with Crippen LogP contribution in [0.5, 0.6) is 0 Å². The van der Waals surface area contributed by atoms with Crippen LogP contribution in [0.25, 0.3) is 11.2 Å². The average molecular weight is 349 g/mol. The van der Waals surface area contributed by atoms with Crippen LogP contribution in [0.4, 0.5) is 5.95 Å². The van der Waals surface area contributed by atoms with Crippen LogP contribution in [0.15, 0.2) is 46.3 Å². The molecule has 0 aliphatic heterocycles. The zero-order valence-electron chi connectivity index (χ0n) is 12.0. The van der Waals surface area contributed by atoms with E-state index in [-0.39, 0.29) is 22.0 Å². The van der Waals surface area contributed by atoms with Gasteiger partial charge in [0.25, 0.3) is 5.56 Å². The third-order valence-electron chi connectivity index (χ3n) is 3.01. The number of nitrogen functional groups attached to an aromatic ring is 1. The van der Waals surface area contributed by atoms with Crippen molar-refractivity contribution >= 4 is 32.9 Å². The number of carbonyl (C=O) groups is 1. The first-order valence-electron chi connectivity index (χ1n) is 6.58. The molecule has 0 fully saturated rings. The minimum Gasteiger partial charge on any atom is -0.369 e. The second-order valence-electron chi connectivity index (χ2n) is 4.73. The van der Waals surface area contributed by atoms with Gasteiger partial charge in [0.05, 0.1) is 4.90 Å². The Kier molecular flexibility index (Phi) is 3.77. The summed E-state index contributed by atoms with van der Waals surface area (Å²) < 4.78 is 25.0. The summed E-state index contributed by atoms with van der Waals surface area (Å²) in [6.07, 6.45) is 1.03. The van der Waals surface area contributed by atoms with Crippen molar-refractivity contribution < 1.29 is 18.0 Å². The van der Waals surface area contributed by atoms with Crippen LogP contribution < -0.4 is 16.1 Å². The molecule has 11 heteroatoms. The summed E-state index contributed by atoms with van der Waals surface area (Å²) in [6.45, 7) is 0. The molecule has 0 aliphatic rings. The Labute approximate surface area is 134 Å². The number of rotatable bonds is 4. The molecule has 24 heavy (non-hydrogen) atoms. The number of hydrogen-bond donors (Lipinski definition) is 2. The quantitative estimate of drug-likeness (QED) is 0.617. The molecule has 0 spiro atoms. The van der Waals surface area contributed by atoms with E-state index in [0.29, 0.717) is 0 Å². The Balaban J connectivity index is 1.85. The average Bonchev–Trinajstić information content (AvgIpc) is 2.90. The second kappa shape index (κ2) is 5.77. The lowest BCUT2D eigenvalue weighted by molar-refractivity contribution is -0.140. The minimum atomic E-state index is -3.85. The van der Waals surface area contributed by atoms with Gasteiger partial charge in [0.15, 0.2) is 21.1 Å². The number of anilines is 1. The minimum absolute atomic E-state index is 0.00347. The SMILES string of the molecule is Nc1nc2c(ncn2OC(=O)CS(=O)(=O)c2ccccc2)c(=O)[nH]1. The van der Waals surface area contributed by atoms with Gasteiger partial charge in [0.2, 0.25) is 11.6 Å². The van der Waals surface area contributed by atoms with Gasteiger partial charge in [-0.25, -0.2) is 18.2 Å². The molecule has 3 aromatic rings. The zero-order chi connectivity index (χ0) is 17.3. The standard InChI is InChI=1S/C13H11N5O5S/c14-13-16-11-10(12(20)17-13)15-7-18(11)23-9(19)6-24(21,22)8-4-2-1-3-5-8/h1-5,7H,6H2,(H3,14,16,17,20). The van der Waals surface area contributed by atoms with Gasteiger partial charge in [-0.1, -0.05) is 18.2 Å². The number of hydrogen-bond acceptors (Lipinski definition) is 8. The van der Waals surface area contributed by atoms with Crippen LogP contribution in [-0.4, -0.2) is 39.8 Å². The number of fused-ring (bicyclic) bond motifs is 1. The first-order valence-corrected chi connectivity index (χ1v) is 8.24. The zero-order valence-corrected chi connectivity index (χ0v) is 12.9. The highest BCUT2D eigenvalue weighted by Crippen LogP contribution is 2.10. The number of sulfone groups is 1. The van der Waals surface area contributed by atoms with E-state index in [1.165, 1.54) is 12.1 Å². The Morgan fingerprint density at radius 3 is 2.71 bits per heavy atom. The third-order valence-corrected chi connectivity index (χ3v) is 4.61. The number of imidazole rings is 1. The van der Waals surface area contributed by atoms with Crippen molar-refractivity contribution in [3.63, 3.8) is 0 Å². The maximum absolute atomic E-state index is 12.1. The van der Waals surface area contributed by atoms with Gasteiger partial charge >= 0.3 is 5.97 Å². The molecule has 0 saturated carbocycles. The predicted molar refractivity (Wildman–Crippen MR) is 82.6 cm³/mol. The van der Waals surface area contributed by atoms with E-state index in [4.69, 9.17) is 10.6 Å². The summed E-state index contributed by atoms with van der Waals surface area (Å²) in [6, 6.07) is 7.48. The molecule has 2 heterocycles. The van der Waals surface area contributed by atoms with Crippen LogP contribution >= 0.6 is 0 Å². The number of benzene rings is 1. The third kappa shape index (κ3) is 2.96. The van der Waals surface area contributed by atoms with Crippen molar-refractivity contribution in [2.45, 2.75) is 4.90 Å². The molecule has 10 nitrogen and oxygen atoms in total. The van der Waals surface area contributed by atoms with Gasteiger partial charge in [0.1, 0.15) is 6.33 Å². The molecular formula is C13H11N5O5S. The van der Waals surface area contributed by atoms with Crippen molar-refractivity contribution in [2.24, 2.45) is 0 Å². The number of nitrogens with one attached hydrogen (secondary N) is 1. The van der Waals surface area contributed by atoms with E-state index in [1.807, 2.05) is 0 Å². The molecule has 0 aliphatic carbocycles. The van der Waals surface area contributed by atoms with Crippen molar-refractivity contribution in [1.82, 2.24) is 19.7 Å². The molecule has 2 aromatic heterocycles. The van der Waals surface area contributed by atoms with E-state index in [2.05, 4.69) is 15.0 Å². The van der Waals surface area contributed by atoms with E-state index in [1.54, 1.807) is 18.2 Å². The summed E-state index contributed by atoms with van der Waals surface area (Å²) in [5.41, 5.74) is 4.62. The van der Waals surface area contributed by atoms with Crippen molar-refractivity contribution in [1.29, 1.82) is 0 Å². The molecule has 0 bridgehead atoms. The van der Waals surface area contributed by atoms with Crippen molar-refractivity contribution in [3.8, 4) is 0 Å². The monoisotopic (exact) mass is 349 g/mol. The van der Waals surface area contributed by atoms with Crippen LogP contribution in [0.1, 0.15) is 0 Å². The first kappa shape index (κ1) is 15.7. The molecule has 0 saturated heterocycles. The number of aromatic amines is 1. The molecule has 0 atom stereocenters. The fourth-order valence-electron chi connectivity index (χ4n) is 1.98. The lowest BCUT2D eigenvalue weighted by Crippen LogP contribution is -2.27. The number of nitrogens with zero attached hydrogens (tertiary/aromatic N) is 3. The fraction of sp³-hybridized carbons (Fsp3) is 0.0769. The molecular weight excluding hydrogens is 338 g/mol. The van der Waals surface area contributed by atoms with Gasteiger partial charge < -0.3 is 10.6 Å².